The number of imidazole rings is 1. The molecule has 0 unspecified atom stereocenters. The van der Waals surface area contributed by atoms with Crippen LogP contribution in [0.2, 0.25) is 0 Å². The fourth-order valence-corrected chi connectivity index (χ4v) is 5.37. The summed E-state index contributed by atoms with van der Waals surface area (Å²) in [5, 5.41) is 0. The topological polar surface area (TPSA) is 39.5 Å². The molecular weight excluding hydrogens is 422 g/mol. The molecule has 5 nitrogen and oxygen atoms in total. The van der Waals surface area contributed by atoms with Crippen LogP contribution in [0.3, 0.4) is 0 Å². The highest BCUT2D eigenvalue weighted by Crippen LogP contribution is 2.33. The predicted octanol–water partition coefficient (Wildman–Crippen LogP) is 6.66. The maximum Gasteiger partial charge on any atom is 0.231 e. The van der Waals surface area contributed by atoms with E-state index in [0.29, 0.717) is 6.79 Å². The molecule has 180 valence electrons. The maximum absolute atomic E-state index is 5.65. The van der Waals surface area contributed by atoms with E-state index in [9.17, 15) is 0 Å². The Morgan fingerprint density at radius 3 is 2.62 bits per heavy atom. The lowest BCUT2D eigenvalue weighted by Crippen LogP contribution is -2.31. The second-order valence-corrected chi connectivity index (χ2v) is 9.81. The van der Waals surface area contributed by atoms with Crippen LogP contribution in [0.5, 0.6) is 11.5 Å². The van der Waals surface area contributed by atoms with Gasteiger partial charge in [0.2, 0.25) is 6.79 Å². The molecule has 2 aromatic carbocycles. The predicted molar refractivity (Wildman–Crippen MR) is 136 cm³/mol. The van der Waals surface area contributed by atoms with Gasteiger partial charge in [0.05, 0.1) is 11.9 Å². The van der Waals surface area contributed by atoms with E-state index >= 15 is 0 Å². The normalized spacial score (nSPS) is 15.8. The number of aromatic nitrogens is 2. The van der Waals surface area contributed by atoms with Crippen LogP contribution in [-0.2, 0) is 19.6 Å². The zero-order valence-corrected chi connectivity index (χ0v) is 20.4. The molecule has 0 amide bonds. The zero-order chi connectivity index (χ0) is 23.2. The van der Waals surface area contributed by atoms with Gasteiger partial charge in [0.1, 0.15) is 5.82 Å². The Hall–Kier alpha value is -2.79. The summed E-state index contributed by atoms with van der Waals surface area (Å²) in [7, 11) is 0. The monoisotopic (exact) mass is 459 g/mol. The highest BCUT2D eigenvalue weighted by molar-refractivity contribution is 5.55. The molecule has 1 fully saturated rings. The van der Waals surface area contributed by atoms with Crippen LogP contribution in [0, 0.1) is 5.92 Å². The van der Waals surface area contributed by atoms with Crippen LogP contribution in [0.1, 0.15) is 63.1 Å². The first kappa shape index (κ1) is 23.0. The van der Waals surface area contributed by atoms with Crippen LogP contribution in [0.4, 0.5) is 0 Å². The van der Waals surface area contributed by atoms with Gasteiger partial charge in [-0.1, -0.05) is 69.0 Å². The molecule has 0 atom stereocenters. The summed E-state index contributed by atoms with van der Waals surface area (Å²) in [5.74, 6) is 3.59. The summed E-state index contributed by atoms with van der Waals surface area (Å²) in [4.78, 5) is 7.52. The van der Waals surface area contributed by atoms with Crippen molar-refractivity contribution in [3.05, 3.63) is 66.0 Å². The van der Waals surface area contributed by atoms with Crippen molar-refractivity contribution < 1.29 is 9.47 Å². The highest BCUT2D eigenvalue weighted by atomic mass is 16.7. The van der Waals surface area contributed by atoms with E-state index in [0.717, 1.165) is 55.8 Å². The molecule has 0 bridgehead atoms. The number of fused-ring (bicyclic) bond motifs is 1. The molecule has 0 saturated heterocycles. The molecule has 3 aromatic rings. The number of benzene rings is 2. The molecule has 5 heteroatoms. The lowest BCUT2D eigenvalue weighted by Gasteiger charge is -2.30. The third-order valence-corrected chi connectivity index (χ3v) is 7.18. The molecule has 34 heavy (non-hydrogen) atoms. The summed E-state index contributed by atoms with van der Waals surface area (Å²) in [6, 6.07) is 17.0. The second kappa shape index (κ2) is 11.1. The summed E-state index contributed by atoms with van der Waals surface area (Å²) in [6.45, 7) is 6.55. The van der Waals surface area contributed by atoms with Gasteiger partial charge in [-0.05, 0) is 42.9 Å². The molecule has 1 aromatic heterocycles. The summed E-state index contributed by atoms with van der Waals surface area (Å²) in [6.07, 6.45) is 11.3. The molecule has 1 aliphatic carbocycles. The molecule has 2 aliphatic rings. The highest BCUT2D eigenvalue weighted by Gasteiger charge is 2.21. The average Bonchev–Trinajstić information content (AvgIpc) is 3.50. The maximum atomic E-state index is 5.65. The van der Waals surface area contributed by atoms with Crippen LogP contribution in [-0.4, -0.2) is 27.8 Å². The zero-order valence-electron chi connectivity index (χ0n) is 20.4. The van der Waals surface area contributed by atoms with E-state index in [2.05, 4.69) is 71.1 Å². The van der Waals surface area contributed by atoms with Crippen molar-refractivity contribution in [1.29, 1.82) is 0 Å². The smallest absolute Gasteiger partial charge is 0.231 e. The number of unbranched alkanes of at least 4 members (excludes halogenated alkanes) is 1. The number of ether oxygens (including phenoxy) is 2. The van der Waals surface area contributed by atoms with E-state index in [1.807, 2.05) is 0 Å². The molecule has 1 aliphatic heterocycles. The first-order valence-corrected chi connectivity index (χ1v) is 13.0. The molecular formula is C29H37N3O2. The number of hydrogen-bond donors (Lipinski definition) is 0. The van der Waals surface area contributed by atoms with Gasteiger partial charge in [-0.2, -0.15) is 0 Å². The van der Waals surface area contributed by atoms with Gasteiger partial charge in [-0.15, -0.1) is 0 Å². The third kappa shape index (κ3) is 5.47. The van der Waals surface area contributed by atoms with Gasteiger partial charge in [-0.3, -0.25) is 4.90 Å². The first-order valence-electron chi connectivity index (χ1n) is 13.0. The van der Waals surface area contributed by atoms with E-state index in [1.54, 1.807) is 0 Å². The van der Waals surface area contributed by atoms with E-state index in [1.165, 1.54) is 55.3 Å². The Balaban J connectivity index is 1.40. The largest absolute Gasteiger partial charge is 0.454 e. The van der Waals surface area contributed by atoms with Gasteiger partial charge < -0.3 is 14.0 Å². The van der Waals surface area contributed by atoms with Crippen LogP contribution >= 0.6 is 0 Å². The van der Waals surface area contributed by atoms with Crippen molar-refractivity contribution >= 4 is 0 Å². The Labute approximate surface area is 203 Å². The molecule has 2 heterocycles. The minimum absolute atomic E-state index is 0.323. The van der Waals surface area contributed by atoms with Crippen molar-refractivity contribution in [2.45, 2.75) is 71.5 Å². The molecule has 0 spiro atoms. The molecule has 0 radical (unpaired) electrons. The van der Waals surface area contributed by atoms with Crippen molar-refractivity contribution in [3.63, 3.8) is 0 Å². The molecule has 1 saturated carbocycles. The average molecular weight is 460 g/mol. The minimum Gasteiger partial charge on any atom is -0.454 e. The van der Waals surface area contributed by atoms with Crippen molar-refractivity contribution in [2.24, 2.45) is 5.92 Å². The van der Waals surface area contributed by atoms with Gasteiger partial charge in [0, 0.05) is 31.7 Å². The van der Waals surface area contributed by atoms with E-state index in [-0.39, 0.29) is 0 Å². The lowest BCUT2D eigenvalue weighted by atomic mass is 9.89. The van der Waals surface area contributed by atoms with E-state index < -0.39 is 0 Å². The van der Waals surface area contributed by atoms with Crippen molar-refractivity contribution in [3.8, 4) is 22.9 Å². The standard InChI is InChI=1S/C29H37N3O2/c1-2-3-16-32-26(18-30-29(32)25-12-8-5-9-13-25)21-31(19-23-10-6-4-7-11-23)20-24-14-15-27-28(17-24)34-22-33-27/h5,8-9,12-15,17-18,23H,2-4,6-7,10-11,16,19-22H2,1H3. The minimum atomic E-state index is 0.323. The lowest BCUT2D eigenvalue weighted by molar-refractivity contribution is 0.173. The van der Waals surface area contributed by atoms with Crippen LogP contribution in [0.25, 0.3) is 11.4 Å². The molecule has 5 rings (SSSR count). The van der Waals surface area contributed by atoms with Gasteiger partial charge >= 0.3 is 0 Å². The van der Waals surface area contributed by atoms with Gasteiger partial charge in [0.25, 0.3) is 0 Å². The number of hydrogen-bond acceptors (Lipinski definition) is 4. The third-order valence-electron chi connectivity index (χ3n) is 7.18. The fraction of sp³-hybridized carbons (Fsp3) is 0.483. The van der Waals surface area contributed by atoms with E-state index in [4.69, 9.17) is 14.5 Å². The SMILES string of the molecule is CCCCn1c(CN(Cc2ccc3c(c2)OCO3)CC2CCCCC2)cnc1-c1ccccc1. The Morgan fingerprint density at radius 1 is 0.971 bits per heavy atom. The van der Waals surface area contributed by atoms with Crippen LogP contribution < -0.4 is 9.47 Å². The Morgan fingerprint density at radius 2 is 1.79 bits per heavy atom. The molecule has 0 N–H and O–H groups in total. The summed E-state index contributed by atoms with van der Waals surface area (Å²) in [5.41, 5.74) is 3.78. The summed E-state index contributed by atoms with van der Waals surface area (Å²) >= 11 is 0. The van der Waals surface area contributed by atoms with Crippen LogP contribution in [0.15, 0.2) is 54.7 Å². The second-order valence-electron chi connectivity index (χ2n) is 9.81. The van der Waals surface area contributed by atoms with Gasteiger partial charge in [-0.25, -0.2) is 4.98 Å². The Bertz CT molecular complexity index is 1060. The first-order chi connectivity index (χ1) is 16.8. The quantitative estimate of drug-likeness (QED) is 0.340. The summed E-state index contributed by atoms with van der Waals surface area (Å²) < 4.78 is 13.6. The van der Waals surface area contributed by atoms with Crippen molar-refractivity contribution in [1.82, 2.24) is 14.5 Å². The number of rotatable bonds is 10. The Kier molecular flexibility index (Phi) is 7.49. The van der Waals surface area contributed by atoms with Gasteiger partial charge in [0.15, 0.2) is 11.5 Å². The van der Waals surface area contributed by atoms with Crippen molar-refractivity contribution in [2.75, 3.05) is 13.3 Å². The number of nitrogens with zero attached hydrogens (tertiary/aromatic N) is 3. The fourth-order valence-electron chi connectivity index (χ4n) is 5.37.